The average Bonchev–Trinajstić information content (AvgIpc) is 3.00. The molecule has 1 aromatic rings. The number of rotatable bonds is 2. The molecule has 9 nitrogen and oxygen atoms in total. The molecule has 1 aromatic heterocycles. The van der Waals surface area contributed by atoms with Crippen LogP contribution in [0.2, 0.25) is 0 Å². The maximum atomic E-state index is 10.1. The first-order valence-electron chi connectivity index (χ1n) is 6.57. The summed E-state index contributed by atoms with van der Waals surface area (Å²) >= 11 is 0. The van der Waals surface area contributed by atoms with Crippen LogP contribution in [-0.4, -0.2) is 61.0 Å². The lowest BCUT2D eigenvalue weighted by molar-refractivity contribution is -0.0520. The van der Waals surface area contributed by atoms with Gasteiger partial charge in [0.2, 0.25) is 0 Å². The van der Waals surface area contributed by atoms with Gasteiger partial charge in [-0.15, -0.1) is 0 Å². The quantitative estimate of drug-likeness (QED) is 0.501. The molecule has 0 amide bonds. The van der Waals surface area contributed by atoms with Gasteiger partial charge in [-0.1, -0.05) is 0 Å². The van der Waals surface area contributed by atoms with Gasteiger partial charge in [0, 0.05) is 6.20 Å². The first kappa shape index (κ1) is 12.9. The van der Waals surface area contributed by atoms with Crippen LogP contribution in [0, 0.1) is 0 Å². The van der Waals surface area contributed by atoms with Crippen LogP contribution in [0.4, 0.5) is 5.82 Å². The molecule has 4 heterocycles. The standard InChI is InChI=1S/C12H15N5O4/c13-12-1-2-16(12)4-15-10-9(12)14-5-17(10)11-8(20)7(19)6(3-18)21-11/h1-2,4-8,11,18-20H,3,13H2/t6-,7-,8-,11-,12?/m1/s1. The molecule has 0 aliphatic carbocycles. The van der Waals surface area contributed by atoms with Gasteiger partial charge >= 0.3 is 0 Å². The van der Waals surface area contributed by atoms with Crippen LogP contribution in [0.5, 0.6) is 0 Å². The summed E-state index contributed by atoms with van der Waals surface area (Å²) in [6, 6.07) is 0. The molecule has 112 valence electrons. The van der Waals surface area contributed by atoms with Gasteiger partial charge < -0.3 is 25.0 Å². The second kappa shape index (κ2) is 4.12. The first-order chi connectivity index (χ1) is 10.1. The van der Waals surface area contributed by atoms with Gasteiger partial charge in [-0.3, -0.25) is 10.3 Å². The minimum Gasteiger partial charge on any atom is -0.394 e. The summed E-state index contributed by atoms with van der Waals surface area (Å²) in [5, 5.41) is 29.1. The predicted octanol–water partition coefficient (Wildman–Crippen LogP) is -1.89. The average molecular weight is 293 g/mol. The van der Waals surface area contributed by atoms with E-state index in [4.69, 9.17) is 15.6 Å². The lowest BCUT2D eigenvalue weighted by atomic mass is 9.99. The Labute approximate surface area is 119 Å². The van der Waals surface area contributed by atoms with Gasteiger partial charge in [0.15, 0.2) is 17.7 Å². The third-order valence-electron chi connectivity index (χ3n) is 4.16. The van der Waals surface area contributed by atoms with Crippen molar-refractivity contribution in [2.45, 2.75) is 30.2 Å². The van der Waals surface area contributed by atoms with Crippen molar-refractivity contribution >= 4 is 12.2 Å². The van der Waals surface area contributed by atoms with Crippen LogP contribution in [0.1, 0.15) is 11.9 Å². The zero-order chi connectivity index (χ0) is 14.8. The minimum absolute atomic E-state index is 0.383. The number of aliphatic hydroxyl groups excluding tert-OH is 3. The normalized spacial score (nSPS) is 40.1. The molecule has 5 N–H and O–H groups in total. The third kappa shape index (κ3) is 1.52. The van der Waals surface area contributed by atoms with E-state index in [2.05, 4.69) is 9.98 Å². The van der Waals surface area contributed by atoms with Crippen LogP contribution in [0.3, 0.4) is 0 Å². The fourth-order valence-corrected chi connectivity index (χ4v) is 2.83. The van der Waals surface area contributed by atoms with Crippen molar-refractivity contribution in [1.82, 2.24) is 14.5 Å². The van der Waals surface area contributed by atoms with E-state index in [0.717, 1.165) is 0 Å². The fourth-order valence-electron chi connectivity index (χ4n) is 2.83. The number of imidazole rings is 1. The highest BCUT2D eigenvalue weighted by Gasteiger charge is 2.47. The van der Waals surface area contributed by atoms with E-state index >= 15 is 0 Å². The van der Waals surface area contributed by atoms with Gasteiger partial charge in [0.25, 0.3) is 0 Å². The highest BCUT2D eigenvalue weighted by molar-refractivity contribution is 5.71. The smallest absolute Gasteiger partial charge is 0.165 e. The molecule has 3 aliphatic heterocycles. The Kier molecular flexibility index (Phi) is 2.53. The summed E-state index contributed by atoms with van der Waals surface area (Å²) < 4.78 is 7.01. The van der Waals surface area contributed by atoms with Crippen LogP contribution >= 0.6 is 0 Å². The third-order valence-corrected chi connectivity index (χ3v) is 4.16. The molecule has 1 unspecified atom stereocenters. The van der Waals surface area contributed by atoms with Gasteiger partial charge in [0.1, 0.15) is 24.0 Å². The molecule has 1 saturated heterocycles. The van der Waals surface area contributed by atoms with Crippen molar-refractivity contribution in [1.29, 1.82) is 0 Å². The van der Waals surface area contributed by atoms with Gasteiger partial charge in [-0.05, 0) is 6.08 Å². The second-order valence-corrected chi connectivity index (χ2v) is 5.35. The Morgan fingerprint density at radius 3 is 2.81 bits per heavy atom. The molecule has 0 spiro atoms. The second-order valence-electron chi connectivity index (χ2n) is 5.35. The lowest BCUT2D eigenvalue weighted by Crippen LogP contribution is -2.55. The fraction of sp³-hybridized carbons (Fsp3) is 0.500. The molecular weight excluding hydrogens is 278 g/mol. The molecule has 5 atom stereocenters. The molecule has 3 aliphatic rings. The summed E-state index contributed by atoms with van der Waals surface area (Å²) in [6.45, 7) is -0.383. The highest BCUT2D eigenvalue weighted by atomic mass is 16.6. The molecule has 0 saturated carbocycles. The molecule has 0 bridgehead atoms. The van der Waals surface area contributed by atoms with Crippen LogP contribution < -0.4 is 5.73 Å². The summed E-state index contributed by atoms with van der Waals surface area (Å²) in [5.74, 6) is 0.466. The van der Waals surface area contributed by atoms with Crippen molar-refractivity contribution in [3.8, 4) is 0 Å². The number of aliphatic imine (C=N–C) groups is 1. The van der Waals surface area contributed by atoms with Crippen LogP contribution in [0.15, 0.2) is 23.6 Å². The van der Waals surface area contributed by atoms with Gasteiger partial charge in [0.05, 0.1) is 19.3 Å². The molecular formula is C12H15N5O4. The summed E-state index contributed by atoms with van der Waals surface area (Å²) in [5.41, 5.74) is 5.94. The van der Waals surface area contributed by atoms with E-state index < -0.39 is 30.2 Å². The maximum Gasteiger partial charge on any atom is 0.165 e. The SMILES string of the molecule is NC12C=CN1C=Nc1c2ncn1[C@@H]1O[C@H](CO)[C@@H](O)[C@H]1O. The summed E-state index contributed by atoms with van der Waals surface area (Å²) in [4.78, 5) is 10.3. The number of nitrogens with zero attached hydrogens (tertiary/aromatic N) is 4. The Bertz CT molecular complexity index is 644. The number of hydrogen-bond acceptors (Lipinski definition) is 8. The number of hydrogen-bond donors (Lipinski definition) is 4. The molecule has 0 aromatic carbocycles. The molecule has 9 heteroatoms. The molecule has 21 heavy (non-hydrogen) atoms. The van der Waals surface area contributed by atoms with E-state index in [1.54, 1.807) is 23.5 Å². The van der Waals surface area contributed by atoms with E-state index in [1.165, 1.54) is 10.9 Å². The maximum absolute atomic E-state index is 10.1. The molecule has 4 rings (SSSR count). The van der Waals surface area contributed by atoms with Crippen LogP contribution in [-0.2, 0) is 10.4 Å². The zero-order valence-electron chi connectivity index (χ0n) is 10.9. The van der Waals surface area contributed by atoms with Crippen LogP contribution in [0.25, 0.3) is 0 Å². The number of aliphatic hydroxyl groups is 3. The predicted molar refractivity (Wildman–Crippen MR) is 70.2 cm³/mol. The monoisotopic (exact) mass is 293 g/mol. The van der Waals surface area contributed by atoms with E-state index in [-0.39, 0.29) is 6.61 Å². The number of aromatic nitrogens is 2. The largest absolute Gasteiger partial charge is 0.394 e. The van der Waals surface area contributed by atoms with E-state index in [1.807, 2.05) is 0 Å². The molecule has 1 fully saturated rings. The summed E-state index contributed by atoms with van der Waals surface area (Å²) in [6.07, 6.45) is 2.56. The van der Waals surface area contributed by atoms with Crippen molar-refractivity contribution < 1.29 is 20.1 Å². The topological polar surface area (TPSA) is 129 Å². The Hall–Kier alpha value is -1.78. The minimum atomic E-state index is -1.18. The van der Waals surface area contributed by atoms with E-state index in [0.29, 0.717) is 11.5 Å². The highest BCUT2D eigenvalue weighted by Crippen LogP contribution is 2.42. The van der Waals surface area contributed by atoms with E-state index in [9.17, 15) is 10.2 Å². The zero-order valence-corrected chi connectivity index (χ0v) is 10.9. The molecule has 0 radical (unpaired) electrons. The Morgan fingerprint density at radius 2 is 2.19 bits per heavy atom. The Balaban J connectivity index is 1.73. The lowest BCUT2D eigenvalue weighted by Gasteiger charge is -2.43. The van der Waals surface area contributed by atoms with Crippen molar-refractivity contribution in [2.24, 2.45) is 10.7 Å². The van der Waals surface area contributed by atoms with Gasteiger partial charge in [-0.25, -0.2) is 9.98 Å². The number of ether oxygens (including phenoxy) is 1. The van der Waals surface area contributed by atoms with Crippen molar-refractivity contribution in [2.75, 3.05) is 6.61 Å². The number of nitrogens with two attached hydrogens (primary N) is 1. The van der Waals surface area contributed by atoms with Gasteiger partial charge in [-0.2, -0.15) is 0 Å². The Morgan fingerprint density at radius 1 is 1.38 bits per heavy atom. The van der Waals surface area contributed by atoms with Crippen molar-refractivity contribution in [3.63, 3.8) is 0 Å². The first-order valence-corrected chi connectivity index (χ1v) is 6.57. The van der Waals surface area contributed by atoms with Crippen molar-refractivity contribution in [3.05, 3.63) is 24.3 Å². The number of fused-ring (bicyclic) bond motifs is 3. The summed E-state index contributed by atoms with van der Waals surface area (Å²) in [7, 11) is 0.